The van der Waals surface area contributed by atoms with E-state index in [0.29, 0.717) is 0 Å². The summed E-state index contributed by atoms with van der Waals surface area (Å²) in [6, 6.07) is 6.01. The van der Waals surface area contributed by atoms with Gasteiger partial charge in [-0.05, 0) is 30.0 Å². The van der Waals surface area contributed by atoms with E-state index in [1.54, 1.807) is 22.0 Å². The lowest BCUT2D eigenvalue weighted by Crippen LogP contribution is -1.94. The zero-order valence-corrected chi connectivity index (χ0v) is 11.4. The van der Waals surface area contributed by atoms with Gasteiger partial charge in [0.2, 0.25) is 0 Å². The molecule has 4 heteroatoms. The van der Waals surface area contributed by atoms with Gasteiger partial charge < -0.3 is 0 Å². The molecule has 0 atom stereocenters. The molecule has 0 radical (unpaired) electrons. The Kier molecular flexibility index (Phi) is 3.30. The van der Waals surface area contributed by atoms with Crippen molar-refractivity contribution >= 4 is 17.0 Å². The molecule has 3 heterocycles. The monoisotopic (exact) mass is 267 g/mol. The Morgan fingerprint density at radius 1 is 1.32 bits per heavy atom. The van der Waals surface area contributed by atoms with Crippen LogP contribution in [-0.2, 0) is 6.42 Å². The van der Waals surface area contributed by atoms with Crippen LogP contribution in [0.2, 0.25) is 0 Å². The minimum absolute atomic E-state index is 0.828. The number of thiophene rings is 1. The van der Waals surface area contributed by atoms with Gasteiger partial charge in [0.15, 0.2) is 5.65 Å². The average Bonchev–Trinajstić information content (AvgIpc) is 3.03. The first-order valence-corrected chi connectivity index (χ1v) is 7.03. The molecule has 3 aromatic rings. The highest BCUT2D eigenvalue weighted by molar-refractivity contribution is 7.10. The van der Waals surface area contributed by atoms with Gasteiger partial charge in [-0.1, -0.05) is 11.8 Å². The van der Waals surface area contributed by atoms with Crippen LogP contribution in [0.3, 0.4) is 0 Å². The third kappa shape index (κ3) is 2.67. The summed E-state index contributed by atoms with van der Waals surface area (Å²) in [7, 11) is 0. The lowest BCUT2D eigenvalue weighted by Gasteiger charge is -1.97. The fourth-order valence-electron chi connectivity index (χ4n) is 1.83. The molecular weight excluding hydrogens is 254 g/mol. The molecule has 0 aliphatic rings. The number of rotatable bonds is 2. The Hall–Kier alpha value is -2.12. The van der Waals surface area contributed by atoms with Crippen LogP contribution < -0.4 is 0 Å². The molecule has 0 fully saturated rings. The van der Waals surface area contributed by atoms with E-state index < -0.39 is 0 Å². The van der Waals surface area contributed by atoms with Crippen molar-refractivity contribution in [3.05, 3.63) is 52.1 Å². The first-order valence-electron chi connectivity index (χ1n) is 6.15. The summed E-state index contributed by atoms with van der Waals surface area (Å²) >= 11 is 1.70. The van der Waals surface area contributed by atoms with E-state index in [2.05, 4.69) is 40.3 Å². The molecule has 0 saturated carbocycles. The first-order chi connectivity index (χ1) is 9.33. The summed E-state index contributed by atoms with van der Waals surface area (Å²) in [5, 5.41) is 6.21. The zero-order valence-electron chi connectivity index (χ0n) is 10.6. The van der Waals surface area contributed by atoms with E-state index in [0.717, 1.165) is 24.2 Å². The van der Waals surface area contributed by atoms with Gasteiger partial charge in [-0.3, -0.25) is 0 Å². The number of nitrogens with zero attached hydrogens (tertiary/aromatic N) is 3. The van der Waals surface area contributed by atoms with E-state index in [1.165, 1.54) is 10.4 Å². The Morgan fingerprint density at radius 2 is 2.26 bits per heavy atom. The largest absolute Gasteiger partial charge is 0.234 e. The lowest BCUT2D eigenvalue weighted by atomic mass is 10.2. The van der Waals surface area contributed by atoms with Gasteiger partial charge in [0, 0.05) is 30.8 Å². The van der Waals surface area contributed by atoms with Crippen LogP contribution in [0.1, 0.15) is 22.6 Å². The number of fused-ring (bicyclic) bond motifs is 1. The molecule has 94 valence electrons. The average molecular weight is 267 g/mol. The fraction of sp³-hybridized carbons (Fsp3) is 0.200. The molecular formula is C15H13N3S. The summed E-state index contributed by atoms with van der Waals surface area (Å²) < 4.78 is 1.77. The smallest absolute Gasteiger partial charge is 0.155 e. The molecule has 0 N–H and O–H groups in total. The number of aromatic nitrogens is 3. The predicted octanol–water partition coefficient (Wildman–Crippen LogP) is 3.08. The molecule has 0 aliphatic carbocycles. The van der Waals surface area contributed by atoms with Gasteiger partial charge in [0.05, 0.1) is 11.1 Å². The fourth-order valence-corrected chi connectivity index (χ4v) is 2.62. The minimum Gasteiger partial charge on any atom is -0.234 e. The summed E-state index contributed by atoms with van der Waals surface area (Å²) in [5.41, 5.74) is 3.21. The highest BCUT2D eigenvalue weighted by atomic mass is 32.1. The van der Waals surface area contributed by atoms with Crippen molar-refractivity contribution in [3.8, 4) is 11.8 Å². The third-order valence-electron chi connectivity index (χ3n) is 2.89. The van der Waals surface area contributed by atoms with Crippen LogP contribution in [0.25, 0.3) is 5.65 Å². The van der Waals surface area contributed by atoms with Crippen LogP contribution in [0.5, 0.6) is 0 Å². The highest BCUT2D eigenvalue weighted by Gasteiger charge is 1.98. The van der Waals surface area contributed by atoms with Gasteiger partial charge in [0.1, 0.15) is 0 Å². The van der Waals surface area contributed by atoms with Gasteiger partial charge >= 0.3 is 0 Å². The molecule has 0 aliphatic heterocycles. The second-order valence-electron chi connectivity index (χ2n) is 4.29. The topological polar surface area (TPSA) is 30.2 Å². The van der Waals surface area contributed by atoms with E-state index in [9.17, 15) is 0 Å². The second-order valence-corrected chi connectivity index (χ2v) is 5.20. The predicted molar refractivity (Wildman–Crippen MR) is 77.2 cm³/mol. The van der Waals surface area contributed by atoms with Crippen molar-refractivity contribution in [2.75, 3.05) is 0 Å². The van der Waals surface area contributed by atoms with Crippen molar-refractivity contribution < 1.29 is 0 Å². The molecule has 3 nitrogen and oxygen atoms in total. The molecule has 0 bridgehead atoms. The van der Waals surface area contributed by atoms with Crippen molar-refractivity contribution in [1.82, 2.24) is 14.6 Å². The SMILES string of the molecule is Cc1ccsc1C#CCCc1ccn2nccc2n1. The molecule has 0 saturated heterocycles. The maximum Gasteiger partial charge on any atom is 0.155 e. The van der Waals surface area contributed by atoms with E-state index in [4.69, 9.17) is 0 Å². The second kappa shape index (κ2) is 5.25. The summed E-state index contributed by atoms with van der Waals surface area (Å²) in [4.78, 5) is 5.69. The summed E-state index contributed by atoms with van der Waals surface area (Å²) in [6.07, 6.45) is 5.40. The maximum absolute atomic E-state index is 4.52. The maximum atomic E-state index is 4.52. The van der Waals surface area contributed by atoms with Gasteiger partial charge in [-0.15, -0.1) is 11.3 Å². The third-order valence-corrected chi connectivity index (χ3v) is 3.82. The summed E-state index contributed by atoms with van der Waals surface area (Å²) in [6.45, 7) is 2.09. The van der Waals surface area contributed by atoms with Crippen LogP contribution in [0.15, 0.2) is 36.0 Å². The molecule has 19 heavy (non-hydrogen) atoms. The van der Waals surface area contributed by atoms with Crippen molar-refractivity contribution in [2.24, 2.45) is 0 Å². The van der Waals surface area contributed by atoms with Gasteiger partial charge in [-0.25, -0.2) is 9.50 Å². The highest BCUT2D eigenvalue weighted by Crippen LogP contribution is 2.13. The molecule has 3 aromatic heterocycles. The Bertz CT molecular complexity index is 758. The van der Waals surface area contributed by atoms with Crippen LogP contribution >= 0.6 is 11.3 Å². The standard InChI is InChI=1S/C15H13N3S/c1-12-8-11-19-14(12)5-3-2-4-13-7-10-18-15(17-13)6-9-16-18/h6-11H,2,4H2,1H3. The van der Waals surface area contributed by atoms with Crippen LogP contribution in [0.4, 0.5) is 0 Å². The molecule has 3 rings (SSSR count). The van der Waals surface area contributed by atoms with Gasteiger partial charge in [-0.2, -0.15) is 5.10 Å². The van der Waals surface area contributed by atoms with Crippen molar-refractivity contribution in [3.63, 3.8) is 0 Å². The van der Waals surface area contributed by atoms with Crippen molar-refractivity contribution in [1.29, 1.82) is 0 Å². The zero-order chi connectivity index (χ0) is 13.1. The minimum atomic E-state index is 0.828. The molecule has 0 unspecified atom stereocenters. The summed E-state index contributed by atoms with van der Waals surface area (Å²) in [5.74, 6) is 6.44. The van der Waals surface area contributed by atoms with E-state index in [1.807, 2.05) is 18.3 Å². The Balaban J connectivity index is 1.66. The van der Waals surface area contributed by atoms with Crippen molar-refractivity contribution in [2.45, 2.75) is 19.8 Å². The molecule has 0 amide bonds. The van der Waals surface area contributed by atoms with Crippen LogP contribution in [0, 0.1) is 18.8 Å². The Labute approximate surface area is 115 Å². The van der Waals surface area contributed by atoms with Crippen LogP contribution in [-0.4, -0.2) is 14.6 Å². The Morgan fingerprint density at radius 3 is 3.11 bits per heavy atom. The number of aryl methyl sites for hydroxylation is 2. The quantitative estimate of drug-likeness (QED) is 0.668. The number of hydrogen-bond acceptors (Lipinski definition) is 3. The van der Waals surface area contributed by atoms with E-state index in [-0.39, 0.29) is 0 Å². The van der Waals surface area contributed by atoms with E-state index >= 15 is 0 Å². The van der Waals surface area contributed by atoms with Gasteiger partial charge in [0.25, 0.3) is 0 Å². The lowest BCUT2D eigenvalue weighted by molar-refractivity contribution is 0.895. The molecule has 0 aromatic carbocycles. The number of hydrogen-bond donors (Lipinski definition) is 0. The first kappa shape index (κ1) is 11.9. The normalized spacial score (nSPS) is 10.4. The molecule has 0 spiro atoms.